The monoisotopic (exact) mass is 363 g/mol. The van der Waals surface area contributed by atoms with Gasteiger partial charge in [0.25, 0.3) is 5.91 Å². The van der Waals surface area contributed by atoms with Crippen molar-refractivity contribution in [3.05, 3.63) is 21.9 Å². The van der Waals surface area contributed by atoms with Gasteiger partial charge >= 0.3 is 0 Å². The number of piperazine rings is 1. The van der Waals surface area contributed by atoms with E-state index in [1.165, 1.54) is 0 Å². The highest BCUT2D eigenvalue weighted by Crippen LogP contribution is 2.38. The van der Waals surface area contributed by atoms with Crippen LogP contribution in [0.5, 0.6) is 0 Å². The molecule has 0 saturated carbocycles. The number of hydrogen-bond donors (Lipinski definition) is 0. The summed E-state index contributed by atoms with van der Waals surface area (Å²) >= 11 is 1.56. The number of carbonyl (C=O) groups is 1. The van der Waals surface area contributed by atoms with Gasteiger partial charge in [0, 0.05) is 45.3 Å². The maximum atomic E-state index is 12.7. The first kappa shape index (κ1) is 17.5. The molecule has 25 heavy (non-hydrogen) atoms. The van der Waals surface area contributed by atoms with E-state index in [2.05, 4.69) is 16.8 Å². The van der Waals surface area contributed by atoms with E-state index in [0.29, 0.717) is 6.04 Å². The van der Waals surface area contributed by atoms with Gasteiger partial charge in [0.2, 0.25) is 0 Å². The fourth-order valence-electron chi connectivity index (χ4n) is 4.44. The minimum absolute atomic E-state index is 0.00922. The van der Waals surface area contributed by atoms with Gasteiger partial charge in [0.15, 0.2) is 0 Å². The molecule has 0 aromatic carbocycles. The van der Waals surface area contributed by atoms with Crippen LogP contribution in [0.25, 0.3) is 0 Å². The summed E-state index contributed by atoms with van der Waals surface area (Å²) in [5.41, 5.74) is 1.11. The van der Waals surface area contributed by atoms with Gasteiger partial charge in [-0.25, -0.2) is 0 Å². The lowest BCUT2D eigenvalue weighted by molar-refractivity contribution is -0.0394. The lowest BCUT2D eigenvalue weighted by Gasteiger charge is -2.40. The standard InChI is InChI=1S/C19H29N3O2S/c1-15-3-12-25-17(15)18(23)22-6-4-19(5-7-22)13-16(14-24-19)21-10-8-20(2)9-11-21/h3,12,16H,4-11,13-14H2,1-2H3/t16-/m1/s1. The zero-order valence-corrected chi connectivity index (χ0v) is 16.2. The summed E-state index contributed by atoms with van der Waals surface area (Å²) in [6, 6.07) is 2.60. The van der Waals surface area contributed by atoms with Gasteiger partial charge in [-0.05, 0) is 50.2 Å². The van der Waals surface area contributed by atoms with Crippen molar-refractivity contribution in [1.82, 2.24) is 14.7 Å². The molecule has 0 bridgehead atoms. The first-order chi connectivity index (χ1) is 12.1. The third-order valence-electron chi connectivity index (χ3n) is 6.26. The molecule has 5 nitrogen and oxygen atoms in total. The summed E-state index contributed by atoms with van der Waals surface area (Å²) in [7, 11) is 2.20. The molecule has 1 spiro atoms. The molecule has 138 valence electrons. The van der Waals surface area contributed by atoms with E-state index in [4.69, 9.17) is 4.74 Å². The van der Waals surface area contributed by atoms with Gasteiger partial charge in [0.1, 0.15) is 0 Å². The summed E-state index contributed by atoms with van der Waals surface area (Å²) in [6.45, 7) is 9.17. The molecular weight excluding hydrogens is 334 g/mol. The molecule has 4 heterocycles. The Bertz CT molecular complexity index is 616. The van der Waals surface area contributed by atoms with Crippen molar-refractivity contribution in [1.29, 1.82) is 0 Å². The van der Waals surface area contributed by atoms with Crippen LogP contribution in [0.3, 0.4) is 0 Å². The molecule has 3 aliphatic heterocycles. The van der Waals surface area contributed by atoms with E-state index in [1.807, 2.05) is 23.3 Å². The van der Waals surface area contributed by atoms with Gasteiger partial charge in [-0.15, -0.1) is 11.3 Å². The minimum Gasteiger partial charge on any atom is -0.373 e. The first-order valence-corrected chi connectivity index (χ1v) is 10.3. The topological polar surface area (TPSA) is 36.0 Å². The Hall–Kier alpha value is -0.950. The molecule has 3 fully saturated rings. The minimum atomic E-state index is 0.00922. The van der Waals surface area contributed by atoms with Crippen LogP contribution in [0, 0.1) is 6.92 Å². The largest absolute Gasteiger partial charge is 0.373 e. The number of amides is 1. The number of piperidine rings is 1. The molecular formula is C19H29N3O2S. The molecule has 1 aromatic rings. The van der Waals surface area contributed by atoms with E-state index in [-0.39, 0.29) is 11.5 Å². The van der Waals surface area contributed by atoms with Gasteiger partial charge in [-0.1, -0.05) is 0 Å². The van der Waals surface area contributed by atoms with Crippen molar-refractivity contribution in [3.63, 3.8) is 0 Å². The Balaban J connectivity index is 1.33. The normalized spacial score (nSPS) is 27.9. The van der Waals surface area contributed by atoms with Crippen molar-refractivity contribution in [2.24, 2.45) is 0 Å². The molecule has 1 amide bonds. The van der Waals surface area contributed by atoms with Crippen LogP contribution in [-0.2, 0) is 4.74 Å². The second kappa shape index (κ2) is 6.99. The average Bonchev–Trinajstić information content (AvgIpc) is 3.23. The highest BCUT2D eigenvalue weighted by atomic mass is 32.1. The zero-order chi connectivity index (χ0) is 17.4. The third kappa shape index (κ3) is 3.50. The molecule has 0 radical (unpaired) electrons. The van der Waals surface area contributed by atoms with E-state index in [1.54, 1.807) is 11.3 Å². The summed E-state index contributed by atoms with van der Waals surface area (Å²) in [6.07, 6.45) is 3.09. The first-order valence-electron chi connectivity index (χ1n) is 9.46. The van der Waals surface area contributed by atoms with Crippen LogP contribution >= 0.6 is 11.3 Å². The zero-order valence-electron chi connectivity index (χ0n) is 15.4. The lowest BCUT2D eigenvalue weighted by atomic mass is 9.87. The van der Waals surface area contributed by atoms with E-state index in [9.17, 15) is 4.79 Å². The number of ether oxygens (including phenoxy) is 1. The van der Waals surface area contributed by atoms with Gasteiger partial charge < -0.3 is 14.5 Å². The van der Waals surface area contributed by atoms with E-state index >= 15 is 0 Å². The van der Waals surface area contributed by atoms with Crippen molar-refractivity contribution >= 4 is 17.2 Å². The number of likely N-dealkylation sites (N-methyl/N-ethyl adjacent to an activating group) is 1. The van der Waals surface area contributed by atoms with E-state index < -0.39 is 0 Å². The number of aryl methyl sites for hydroxylation is 1. The summed E-state index contributed by atoms with van der Waals surface area (Å²) in [4.78, 5) is 20.6. The summed E-state index contributed by atoms with van der Waals surface area (Å²) < 4.78 is 6.33. The Morgan fingerprint density at radius 3 is 2.56 bits per heavy atom. The Kier molecular flexibility index (Phi) is 4.88. The van der Waals surface area contributed by atoms with Crippen LogP contribution < -0.4 is 0 Å². The predicted molar refractivity (Wildman–Crippen MR) is 100 cm³/mol. The quantitative estimate of drug-likeness (QED) is 0.806. The van der Waals surface area contributed by atoms with E-state index in [0.717, 1.165) is 75.6 Å². The number of nitrogens with zero attached hydrogens (tertiary/aromatic N) is 3. The highest BCUT2D eigenvalue weighted by Gasteiger charge is 2.45. The Morgan fingerprint density at radius 2 is 1.92 bits per heavy atom. The molecule has 0 aliphatic carbocycles. The number of thiophene rings is 1. The number of hydrogen-bond acceptors (Lipinski definition) is 5. The van der Waals surface area contributed by atoms with Crippen molar-refractivity contribution in [2.75, 3.05) is 52.9 Å². The second-order valence-electron chi connectivity index (χ2n) is 7.92. The van der Waals surface area contributed by atoms with Crippen molar-refractivity contribution in [3.8, 4) is 0 Å². The highest BCUT2D eigenvalue weighted by molar-refractivity contribution is 7.12. The summed E-state index contributed by atoms with van der Waals surface area (Å²) in [5.74, 6) is 0.205. The maximum Gasteiger partial charge on any atom is 0.264 e. The molecule has 3 saturated heterocycles. The van der Waals surface area contributed by atoms with Crippen LogP contribution in [0.15, 0.2) is 11.4 Å². The van der Waals surface area contributed by atoms with Crippen molar-refractivity contribution < 1.29 is 9.53 Å². The van der Waals surface area contributed by atoms with Crippen molar-refractivity contribution in [2.45, 2.75) is 37.8 Å². The SMILES string of the molecule is Cc1ccsc1C(=O)N1CCC2(CC1)C[C@@H](N1CCN(C)CC1)CO2. The Morgan fingerprint density at radius 1 is 1.20 bits per heavy atom. The molecule has 0 unspecified atom stereocenters. The average molecular weight is 364 g/mol. The fourth-order valence-corrected chi connectivity index (χ4v) is 5.34. The third-order valence-corrected chi connectivity index (χ3v) is 7.27. The van der Waals surface area contributed by atoms with Crippen LogP contribution in [0.2, 0.25) is 0 Å². The predicted octanol–water partition coefficient (Wildman–Crippen LogP) is 2.07. The molecule has 1 aromatic heterocycles. The fraction of sp³-hybridized carbons (Fsp3) is 0.737. The lowest BCUT2D eigenvalue weighted by Crippen LogP contribution is -2.50. The molecule has 6 heteroatoms. The van der Waals surface area contributed by atoms with Gasteiger partial charge in [0.05, 0.1) is 17.1 Å². The van der Waals surface area contributed by atoms with Crippen LogP contribution in [0.1, 0.15) is 34.5 Å². The smallest absolute Gasteiger partial charge is 0.264 e. The number of rotatable bonds is 2. The maximum absolute atomic E-state index is 12.7. The Labute approximate surface area is 154 Å². The molecule has 4 rings (SSSR count). The molecule has 0 N–H and O–H groups in total. The van der Waals surface area contributed by atoms with Crippen LogP contribution in [0.4, 0.5) is 0 Å². The molecule has 3 aliphatic rings. The molecule has 1 atom stereocenters. The summed E-state index contributed by atoms with van der Waals surface area (Å²) in [5, 5.41) is 2.01. The number of likely N-dealkylation sites (tertiary alicyclic amines) is 1. The van der Waals surface area contributed by atoms with Gasteiger partial charge in [-0.3, -0.25) is 9.69 Å². The van der Waals surface area contributed by atoms with Gasteiger partial charge in [-0.2, -0.15) is 0 Å². The number of carbonyl (C=O) groups excluding carboxylic acids is 1. The van der Waals surface area contributed by atoms with Crippen LogP contribution in [-0.4, -0.2) is 85.2 Å². The second-order valence-corrected chi connectivity index (χ2v) is 8.83.